The van der Waals surface area contributed by atoms with Crippen molar-refractivity contribution in [1.29, 1.82) is 0 Å². The number of nitrogens with zero attached hydrogens (tertiary/aromatic N) is 1. The van der Waals surface area contributed by atoms with Crippen molar-refractivity contribution < 1.29 is 8.42 Å². The molecule has 4 rings (SSSR count). The van der Waals surface area contributed by atoms with Crippen LogP contribution in [0.2, 0.25) is 0 Å². The van der Waals surface area contributed by atoms with Gasteiger partial charge in [0.2, 0.25) is 0 Å². The summed E-state index contributed by atoms with van der Waals surface area (Å²) < 4.78 is 28.2. The third-order valence-corrected chi connectivity index (χ3v) is 5.27. The minimum absolute atomic E-state index is 0.231. The maximum atomic E-state index is 12.8. The van der Waals surface area contributed by atoms with Gasteiger partial charge in [-0.1, -0.05) is 48.5 Å². The molecule has 0 fully saturated rings. The fourth-order valence-corrected chi connectivity index (χ4v) is 3.83. The van der Waals surface area contributed by atoms with Crippen LogP contribution in [0.3, 0.4) is 0 Å². The Morgan fingerprint density at radius 1 is 0.750 bits per heavy atom. The second kappa shape index (κ2) is 5.62. The minimum Gasteiger partial charge on any atom is -0.277 e. The van der Waals surface area contributed by atoms with Gasteiger partial charge in [-0.15, -0.1) is 0 Å². The third kappa shape index (κ3) is 2.59. The van der Waals surface area contributed by atoms with E-state index in [0.717, 1.165) is 16.2 Å². The zero-order valence-corrected chi connectivity index (χ0v) is 13.5. The van der Waals surface area contributed by atoms with Gasteiger partial charge < -0.3 is 0 Å². The summed E-state index contributed by atoms with van der Waals surface area (Å²) in [4.78, 5) is 4.51. The standard InChI is InChI=1S/C19H14N2O2S/c22-24(23,17-11-10-14-5-1-2-6-16(14)13-17)21-18-9-3-7-15-8-4-12-20-19(15)18/h1-13,21H. The van der Waals surface area contributed by atoms with E-state index in [1.807, 2.05) is 54.6 Å². The number of nitrogens with one attached hydrogen (secondary N) is 1. The van der Waals surface area contributed by atoms with Gasteiger partial charge in [0, 0.05) is 11.6 Å². The Kier molecular flexibility index (Phi) is 3.43. The molecule has 0 saturated carbocycles. The van der Waals surface area contributed by atoms with Gasteiger partial charge in [0.1, 0.15) is 0 Å². The highest BCUT2D eigenvalue weighted by molar-refractivity contribution is 7.92. The predicted octanol–water partition coefficient (Wildman–Crippen LogP) is 4.19. The van der Waals surface area contributed by atoms with E-state index < -0.39 is 10.0 Å². The van der Waals surface area contributed by atoms with E-state index in [9.17, 15) is 8.42 Å². The molecule has 0 spiro atoms. The SMILES string of the molecule is O=S(=O)(Nc1cccc2cccnc12)c1ccc2ccccc2c1. The Morgan fingerprint density at radius 2 is 1.50 bits per heavy atom. The molecule has 0 saturated heterocycles. The highest BCUT2D eigenvalue weighted by Gasteiger charge is 2.16. The molecule has 0 aliphatic heterocycles. The lowest BCUT2D eigenvalue weighted by Crippen LogP contribution is -2.13. The fourth-order valence-electron chi connectivity index (χ4n) is 2.72. The van der Waals surface area contributed by atoms with E-state index in [1.54, 1.807) is 24.4 Å². The Balaban J connectivity index is 1.79. The number of aromatic nitrogens is 1. The van der Waals surface area contributed by atoms with Crippen molar-refractivity contribution in [3.63, 3.8) is 0 Å². The molecular formula is C19H14N2O2S. The predicted molar refractivity (Wildman–Crippen MR) is 96.5 cm³/mol. The highest BCUT2D eigenvalue weighted by Crippen LogP contribution is 2.25. The molecular weight excluding hydrogens is 320 g/mol. The van der Waals surface area contributed by atoms with Gasteiger partial charge in [-0.2, -0.15) is 0 Å². The van der Waals surface area contributed by atoms with Crippen LogP contribution >= 0.6 is 0 Å². The molecule has 0 aliphatic rings. The van der Waals surface area contributed by atoms with Crippen LogP contribution in [0, 0.1) is 0 Å². The molecule has 24 heavy (non-hydrogen) atoms. The zero-order valence-electron chi connectivity index (χ0n) is 12.7. The monoisotopic (exact) mass is 334 g/mol. The summed E-state index contributed by atoms with van der Waals surface area (Å²) >= 11 is 0. The van der Waals surface area contributed by atoms with Crippen LogP contribution in [0.4, 0.5) is 5.69 Å². The van der Waals surface area contributed by atoms with Gasteiger partial charge in [-0.05, 0) is 35.0 Å². The first-order valence-corrected chi connectivity index (χ1v) is 8.97. The van der Waals surface area contributed by atoms with Gasteiger partial charge >= 0.3 is 0 Å². The first kappa shape index (κ1) is 14.7. The van der Waals surface area contributed by atoms with E-state index in [-0.39, 0.29) is 4.90 Å². The first-order chi connectivity index (χ1) is 11.6. The van der Waals surface area contributed by atoms with Crippen molar-refractivity contribution in [3.8, 4) is 0 Å². The average Bonchev–Trinajstić information content (AvgIpc) is 2.61. The molecule has 5 heteroatoms. The summed E-state index contributed by atoms with van der Waals surface area (Å²) in [6.45, 7) is 0. The maximum absolute atomic E-state index is 12.8. The van der Waals surface area contributed by atoms with Gasteiger partial charge in [0.05, 0.1) is 16.1 Å². The Bertz CT molecular complexity index is 1150. The molecule has 1 heterocycles. The van der Waals surface area contributed by atoms with Gasteiger partial charge in [-0.25, -0.2) is 8.42 Å². The normalized spacial score (nSPS) is 11.7. The molecule has 0 amide bonds. The van der Waals surface area contributed by atoms with Crippen molar-refractivity contribution in [2.45, 2.75) is 4.90 Å². The van der Waals surface area contributed by atoms with E-state index in [4.69, 9.17) is 0 Å². The number of pyridine rings is 1. The van der Waals surface area contributed by atoms with Gasteiger partial charge in [-0.3, -0.25) is 9.71 Å². The Morgan fingerprint density at radius 3 is 2.38 bits per heavy atom. The van der Waals surface area contributed by atoms with Crippen LogP contribution in [0.25, 0.3) is 21.7 Å². The molecule has 3 aromatic carbocycles. The molecule has 0 radical (unpaired) electrons. The fraction of sp³-hybridized carbons (Fsp3) is 0. The summed E-state index contributed by atoms with van der Waals surface area (Å²) in [5, 5.41) is 2.77. The Hall–Kier alpha value is -2.92. The highest BCUT2D eigenvalue weighted by atomic mass is 32.2. The minimum atomic E-state index is -3.69. The van der Waals surface area contributed by atoms with Crippen molar-refractivity contribution in [1.82, 2.24) is 4.98 Å². The summed E-state index contributed by atoms with van der Waals surface area (Å²) in [6.07, 6.45) is 1.65. The second-order valence-corrected chi connectivity index (χ2v) is 7.18. The number of sulfonamides is 1. The summed E-state index contributed by atoms with van der Waals surface area (Å²) in [5.74, 6) is 0. The van der Waals surface area contributed by atoms with Crippen molar-refractivity contribution in [2.75, 3.05) is 4.72 Å². The largest absolute Gasteiger partial charge is 0.277 e. The van der Waals surface area contributed by atoms with Crippen molar-refractivity contribution >= 4 is 37.4 Å². The number of fused-ring (bicyclic) bond motifs is 2. The van der Waals surface area contributed by atoms with Crippen LogP contribution in [-0.4, -0.2) is 13.4 Å². The topological polar surface area (TPSA) is 59.1 Å². The van der Waals surface area contributed by atoms with Crippen LogP contribution < -0.4 is 4.72 Å². The molecule has 118 valence electrons. The third-order valence-electron chi connectivity index (χ3n) is 3.91. The summed E-state index contributed by atoms with van der Waals surface area (Å²) in [6, 6.07) is 21.9. The number of anilines is 1. The van der Waals surface area contributed by atoms with E-state index in [0.29, 0.717) is 11.2 Å². The zero-order chi connectivity index (χ0) is 16.6. The van der Waals surface area contributed by atoms with Crippen LogP contribution in [0.5, 0.6) is 0 Å². The summed E-state index contributed by atoms with van der Waals surface area (Å²) in [7, 11) is -3.69. The lowest BCUT2D eigenvalue weighted by Gasteiger charge is -2.10. The number of hydrogen-bond acceptors (Lipinski definition) is 3. The second-order valence-electron chi connectivity index (χ2n) is 5.50. The van der Waals surface area contributed by atoms with E-state index in [2.05, 4.69) is 9.71 Å². The van der Waals surface area contributed by atoms with Crippen molar-refractivity contribution in [3.05, 3.63) is 79.0 Å². The molecule has 4 aromatic rings. The molecule has 1 aromatic heterocycles. The smallest absolute Gasteiger partial charge is 0.261 e. The molecule has 0 aliphatic carbocycles. The summed E-state index contributed by atoms with van der Waals surface area (Å²) in [5.41, 5.74) is 1.10. The van der Waals surface area contributed by atoms with Crippen LogP contribution in [-0.2, 0) is 10.0 Å². The molecule has 0 atom stereocenters. The van der Waals surface area contributed by atoms with Crippen LogP contribution in [0.15, 0.2) is 83.9 Å². The number of para-hydroxylation sites is 1. The van der Waals surface area contributed by atoms with E-state index >= 15 is 0 Å². The quantitative estimate of drug-likeness (QED) is 0.611. The lowest BCUT2D eigenvalue weighted by atomic mass is 10.1. The van der Waals surface area contributed by atoms with Crippen molar-refractivity contribution in [2.24, 2.45) is 0 Å². The van der Waals surface area contributed by atoms with Gasteiger partial charge in [0.25, 0.3) is 10.0 Å². The number of benzene rings is 3. The van der Waals surface area contributed by atoms with E-state index in [1.165, 1.54) is 0 Å². The first-order valence-electron chi connectivity index (χ1n) is 7.49. The maximum Gasteiger partial charge on any atom is 0.261 e. The molecule has 1 N–H and O–H groups in total. The average molecular weight is 334 g/mol. The molecule has 0 bridgehead atoms. The van der Waals surface area contributed by atoms with Gasteiger partial charge in [0.15, 0.2) is 0 Å². The molecule has 4 nitrogen and oxygen atoms in total. The van der Waals surface area contributed by atoms with Crippen LogP contribution in [0.1, 0.15) is 0 Å². The molecule has 0 unspecified atom stereocenters. The Labute approximate surface area is 139 Å². The number of rotatable bonds is 3. The number of hydrogen-bond donors (Lipinski definition) is 1. The lowest BCUT2D eigenvalue weighted by molar-refractivity contribution is 0.601.